The summed E-state index contributed by atoms with van der Waals surface area (Å²) >= 11 is 0. The maximum Gasteiger partial charge on any atom is 0.409 e. The van der Waals surface area contributed by atoms with Gasteiger partial charge in [0, 0.05) is 18.5 Å². The summed E-state index contributed by atoms with van der Waals surface area (Å²) in [5, 5.41) is 9.87. The van der Waals surface area contributed by atoms with Crippen molar-refractivity contribution < 1.29 is 14.6 Å². The Morgan fingerprint density at radius 2 is 2.19 bits per heavy atom. The quantitative estimate of drug-likeness (QED) is 0.812. The van der Waals surface area contributed by atoms with Crippen molar-refractivity contribution in [3.8, 4) is 0 Å². The molecule has 0 bridgehead atoms. The summed E-state index contributed by atoms with van der Waals surface area (Å²) in [5.74, 6) is 0.736. The first-order valence-corrected chi connectivity index (χ1v) is 7.76. The lowest BCUT2D eigenvalue weighted by Crippen LogP contribution is -2.43. The number of aliphatic hydroxyl groups is 1. The standard InChI is InChI=1S/C16H26N2O3/c1-12-5-2-3-6-13(9-12)11-21-16(20)18-8-4-7-14(17)15(19)10-18/h2-3,5-6,12-15,19H,4,7-11,17H2,1H3/t12-,13?,14-,15-/m0/s1. The third-order valence-electron chi connectivity index (χ3n) is 4.15. The minimum Gasteiger partial charge on any atom is -0.449 e. The number of rotatable bonds is 2. The highest BCUT2D eigenvalue weighted by Crippen LogP contribution is 2.19. The van der Waals surface area contributed by atoms with Gasteiger partial charge in [-0.25, -0.2) is 4.79 Å². The number of nitrogens with zero attached hydrogens (tertiary/aromatic N) is 1. The van der Waals surface area contributed by atoms with E-state index in [9.17, 15) is 9.90 Å². The normalized spacial score (nSPS) is 33.4. The van der Waals surface area contributed by atoms with Crippen molar-refractivity contribution in [2.75, 3.05) is 19.7 Å². The minimum atomic E-state index is -0.665. The second kappa shape index (κ2) is 7.61. The summed E-state index contributed by atoms with van der Waals surface area (Å²) < 4.78 is 5.42. The number of allylic oxidation sites excluding steroid dienone is 3. The summed E-state index contributed by atoms with van der Waals surface area (Å²) in [6.45, 7) is 3.41. The second-order valence-electron chi connectivity index (χ2n) is 6.14. The van der Waals surface area contributed by atoms with E-state index < -0.39 is 6.10 Å². The lowest BCUT2D eigenvalue weighted by Gasteiger charge is -2.24. The average Bonchev–Trinajstić information content (AvgIpc) is 2.76. The van der Waals surface area contributed by atoms with Crippen molar-refractivity contribution in [3.63, 3.8) is 0 Å². The zero-order valence-electron chi connectivity index (χ0n) is 12.6. The number of likely N-dealkylation sites (tertiary alicyclic amines) is 1. The number of hydrogen-bond acceptors (Lipinski definition) is 4. The number of aliphatic hydroxyl groups excluding tert-OH is 1. The fourth-order valence-electron chi connectivity index (χ4n) is 2.83. The number of amides is 1. The molecule has 1 saturated heterocycles. The van der Waals surface area contributed by atoms with Gasteiger partial charge in [0.05, 0.1) is 19.3 Å². The van der Waals surface area contributed by atoms with E-state index in [-0.39, 0.29) is 24.6 Å². The molecule has 3 N–H and O–H groups in total. The summed E-state index contributed by atoms with van der Waals surface area (Å²) in [6, 6.07) is -0.250. The van der Waals surface area contributed by atoms with Crippen molar-refractivity contribution >= 4 is 6.09 Å². The molecule has 5 heteroatoms. The van der Waals surface area contributed by atoms with E-state index in [0.717, 1.165) is 19.3 Å². The average molecular weight is 294 g/mol. The molecule has 2 aliphatic rings. The number of nitrogens with two attached hydrogens (primary N) is 1. The molecule has 0 aromatic heterocycles. The summed E-state index contributed by atoms with van der Waals surface area (Å²) in [4.78, 5) is 13.7. The Morgan fingerprint density at radius 1 is 1.43 bits per heavy atom. The zero-order chi connectivity index (χ0) is 15.2. The Kier molecular flexibility index (Phi) is 5.82. The Morgan fingerprint density at radius 3 is 3.00 bits per heavy atom. The highest BCUT2D eigenvalue weighted by atomic mass is 16.6. The molecule has 1 aliphatic heterocycles. The van der Waals surface area contributed by atoms with Crippen LogP contribution in [0.1, 0.15) is 26.2 Å². The number of carbonyl (C=O) groups excluding carboxylic acids is 1. The highest BCUT2D eigenvalue weighted by molar-refractivity contribution is 5.67. The van der Waals surface area contributed by atoms with Crippen molar-refractivity contribution in [2.45, 2.75) is 38.3 Å². The van der Waals surface area contributed by atoms with Crippen LogP contribution in [0.2, 0.25) is 0 Å². The first-order valence-electron chi connectivity index (χ1n) is 7.76. The molecule has 1 aliphatic carbocycles. The van der Waals surface area contributed by atoms with E-state index in [0.29, 0.717) is 19.1 Å². The van der Waals surface area contributed by atoms with Gasteiger partial charge in [0.25, 0.3) is 0 Å². The van der Waals surface area contributed by atoms with E-state index in [2.05, 4.69) is 19.1 Å². The van der Waals surface area contributed by atoms with Crippen LogP contribution in [0.15, 0.2) is 24.3 Å². The van der Waals surface area contributed by atoms with Crippen molar-refractivity contribution in [3.05, 3.63) is 24.3 Å². The molecule has 1 heterocycles. The van der Waals surface area contributed by atoms with Crippen LogP contribution in [0, 0.1) is 11.8 Å². The highest BCUT2D eigenvalue weighted by Gasteiger charge is 2.26. The third kappa shape index (κ3) is 4.86. The lowest BCUT2D eigenvalue weighted by atomic mass is 9.98. The number of ether oxygens (including phenoxy) is 1. The number of carbonyl (C=O) groups is 1. The largest absolute Gasteiger partial charge is 0.449 e. The zero-order valence-corrected chi connectivity index (χ0v) is 12.6. The van der Waals surface area contributed by atoms with Gasteiger partial charge in [-0.2, -0.15) is 0 Å². The maximum absolute atomic E-state index is 12.1. The van der Waals surface area contributed by atoms with Crippen LogP contribution in [0.3, 0.4) is 0 Å². The Bertz CT molecular complexity index is 408. The first kappa shape index (κ1) is 16.0. The van der Waals surface area contributed by atoms with Gasteiger partial charge in [0.1, 0.15) is 0 Å². The summed E-state index contributed by atoms with van der Waals surface area (Å²) in [7, 11) is 0. The first-order chi connectivity index (χ1) is 10.1. The second-order valence-corrected chi connectivity index (χ2v) is 6.14. The van der Waals surface area contributed by atoms with E-state index >= 15 is 0 Å². The topological polar surface area (TPSA) is 75.8 Å². The van der Waals surface area contributed by atoms with Gasteiger partial charge in [-0.1, -0.05) is 31.2 Å². The van der Waals surface area contributed by atoms with E-state index in [4.69, 9.17) is 10.5 Å². The maximum atomic E-state index is 12.1. The third-order valence-corrected chi connectivity index (χ3v) is 4.15. The van der Waals surface area contributed by atoms with Crippen LogP contribution in [0.5, 0.6) is 0 Å². The molecule has 1 fully saturated rings. The fraction of sp³-hybridized carbons (Fsp3) is 0.688. The van der Waals surface area contributed by atoms with Crippen LogP contribution in [-0.2, 0) is 4.74 Å². The predicted octanol–water partition coefficient (Wildman–Crippen LogP) is 1.68. The van der Waals surface area contributed by atoms with E-state index in [1.807, 2.05) is 12.2 Å². The van der Waals surface area contributed by atoms with Gasteiger partial charge in [0.15, 0.2) is 0 Å². The van der Waals surface area contributed by atoms with Crippen LogP contribution >= 0.6 is 0 Å². The molecule has 21 heavy (non-hydrogen) atoms. The van der Waals surface area contributed by atoms with E-state index in [1.54, 1.807) is 4.90 Å². The fourth-order valence-corrected chi connectivity index (χ4v) is 2.83. The SMILES string of the molecule is C[C@H]1C=CC=CC(COC(=O)N2CCC[C@H](N)[C@@H](O)C2)C1. The van der Waals surface area contributed by atoms with Gasteiger partial charge in [0.2, 0.25) is 0 Å². The lowest BCUT2D eigenvalue weighted by molar-refractivity contribution is 0.0676. The summed E-state index contributed by atoms with van der Waals surface area (Å²) in [5.41, 5.74) is 5.82. The molecule has 0 saturated carbocycles. The van der Waals surface area contributed by atoms with Gasteiger partial charge >= 0.3 is 6.09 Å². The Labute approximate surface area is 126 Å². The molecule has 4 atom stereocenters. The molecular weight excluding hydrogens is 268 g/mol. The Balaban J connectivity index is 1.81. The van der Waals surface area contributed by atoms with Gasteiger partial charge in [-0.15, -0.1) is 0 Å². The molecule has 0 radical (unpaired) electrons. The molecule has 0 spiro atoms. The van der Waals surface area contributed by atoms with Crippen LogP contribution < -0.4 is 5.73 Å². The van der Waals surface area contributed by atoms with Crippen LogP contribution in [0.4, 0.5) is 4.79 Å². The number of β-amino-alcohol motifs (C(OH)–C–C–N with tert-alkyl or cyclic N) is 1. The molecular formula is C16H26N2O3. The molecule has 1 amide bonds. The van der Waals surface area contributed by atoms with Crippen LogP contribution in [-0.4, -0.2) is 47.9 Å². The van der Waals surface area contributed by atoms with Gasteiger partial charge < -0.3 is 20.5 Å². The van der Waals surface area contributed by atoms with Gasteiger partial charge in [-0.05, 0) is 25.2 Å². The molecule has 118 valence electrons. The predicted molar refractivity (Wildman–Crippen MR) is 81.7 cm³/mol. The van der Waals surface area contributed by atoms with E-state index in [1.165, 1.54) is 0 Å². The van der Waals surface area contributed by atoms with Crippen molar-refractivity contribution in [1.82, 2.24) is 4.90 Å². The number of hydrogen-bond donors (Lipinski definition) is 2. The van der Waals surface area contributed by atoms with Gasteiger partial charge in [-0.3, -0.25) is 0 Å². The molecule has 0 aromatic carbocycles. The molecule has 0 aromatic rings. The van der Waals surface area contributed by atoms with Crippen LogP contribution in [0.25, 0.3) is 0 Å². The Hall–Kier alpha value is -1.33. The van der Waals surface area contributed by atoms with Crippen molar-refractivity contribution in [1.29, 1.82) is 0 Å². The monoisotopic (exact) mass is 294 g/mol. The molecule has 2 rings (SSSR count). The molecule has 5 nitrogen and oxygen atoms in total. The minimum absolute atomic E-state index is 0.248. The molecule has 1 unspecified atom stereocenters. The smallest absolute Gasteiger partial charge is 0.409 e. The summed E-state index contributed by atoms with van der Waals surface area (Å²) in [6.07, 6.45) is 9.80. The van der Waals surface area contributed by atoms with Crippen molar-refractivity contribution in [2.24, 2.45) is 17.6 Å².